The Labute approximate surface area is 213 Å². The smallest absolute Gasteiger partial charge is 0.307 e. The fourth-order valence-corrected chi connectivity index (χ4v) is 7.16. The highest BCUT2D eigenvalue weighted by atomic mass is 32.2. The van der Waals surface area contributed by atoms with E-state index in [0.717, 1.165) is 39.4 Å². The van der Waals surface area contributed by atoms with Gasteiger partial charge in [0.05, 0.1) is 5.69 Å². The first-order chi connectivity index (χ1) is 17.2. The number of piperazine rings is 1. The number of hydrogen-bond donors (Lipinski definition) is 1. The molecule has 2 amide bonds. The molecule has 0 spiro atoms. The molecule has 0 radical (unpaired) electrons. The monoisotopic (exact) mass is 526 g/mol. The van der Waals surface area contributed by atoms with Gasteiger partial charge < -0.3 is 15.1 Å². The minimum atomic E-state index is -3.98. The summed E-state index contributed by atoms with van der Waals surface area (Å²) in [5, 5.41) is 4.33. The van der Waals surface area contributed by atoms with Crippen molar-refractivity contribution in [1.29, 1.82) is 0 Å². The van der Waals surface area contributed by atoms with Crippen LogP contribution in [0, 0.1) is 12.3 Å². The Balaban J connectivity index is 1.40. The molecule has 0 aliphatic carbocycles. The zero-order valence-corrected chi connectivity index (χ0v) is 21.6. The van der Waals surface area contributed by atoms with Gasteiger partial charge in [0.25, 0.3) is 5.91 Å². The summed E-state index contributed by atoms with van der Waals surface area (Å²) < 4.78 is 29.3. The Morgan fingerprint density at radius 3 is 2.72 bits per heavy atom. The minimum absolute atomic E-state index is 0.0551. The second-order valence-electron chi connectivity index (χ2n) is 8.95. The van der Waals surface area contributed by atoms with Crippen molar-refractivity contribution in [2.24, 2.45) is 0 Å². The number of thiazole rings is 1. The molecule has 0 bridgehead atoms. The van der Waals surface area contributed by atoms with E-state index in [2.05, 4.69) is 21.1 Å². The number of benzene rings is 1. The van der Waals surface area contributed by atoms with Crippen LogP contribution in [-0.4, -0.2) is 89.6 Å². The van der Waals surface area contributed by atoms with E-state index in [1.165, 1.54) is 40.0 Å². The third-order valence-corrected chi connectivity index (χ3v) is 9.44. The second kappa shape index (κ2) is 9.33. The third-order valence-electron chi connectivity index (χ3n) is 6.64. The molecular weight excluding hydrogens is 500 g/mol. The van der Waals surface area contributed by atoms with E-state index >= 15 is 0 Å². The van der Waals surface area contributed by atoms with Crippen LogP contribution in [0.5, 0.6) is 0 Å². The van der Waals surface area contributed by atoms with Crippen molar-refractivity contribution in [1.82, 2.24) is 28.4 Å². The number of nitrogens with zero attached hydrogens (tertiary/aromatic N) is 5. The number of likely N-dealkylation sites (N-methyl/N-ethyl adjacent to an activating group) is 2. The third kappa shape index (κ3) is 4.28. The molecule has 1 aromatic carbocycles. The first-order valence-electron chi connectivity index (χ1n) is 11.5. The molecule has 5 rings (SSSR count). The van der Waals surface area contributed by atoms with Gasteiger partial charge in [-0.05, 0) is 19.2 Å². The lowest BCUT2D eigenvalue weighted by molar-refractivity contribution is -0.126. The van der Waals surface area contributed by atoms with E-state index in [4.69, 9.17) is 6.42 Å². The molecule has 1 N–H and O–H groups in total. The van der Waals surface area contributed by atoms with E-state index in [9.17, 15) is 18.0 Å². The first kappa shape index (κ1) is 24.5. The number of amides is 2. The Morgan fingerprint density at radius 1 is 1.19 bits per heavy atom. The molecule has 10 nitrogen and oxygen atoms in total. The van der Waals surface area contributed by atoms with Crippen molar-refractivity contribution in [2.75, 3.05) is 40.3 Å². The molecule has 2 aliphatic heterocycles. The number of aromatic nitrogens is 2. The van der Waals surface area contributed by atoms with Gasteiger partial charge in [0.15, 0.2) is 5.01 Å². The summed E-state index contributed by atoms with van der Waals surface area (Å²) >= 11 is 1.35. The lowest BCUT2D eigenvalue weighted by atomic mass is 10.1. The van der Waals surface area contributed by atoms with Crippen LogP contribution >= 0.6 is 11.3 Å². The van der Waals surface area contributed by atoms with Crippen LogP contribution in [0.1, 0.15) is 25.9 Å². The molecule has 1 unspecified atom stereocenters. The number of fused-ring (bicyclic) bond motifs is 2. The Kier molecular flexibility index (Phi) is 6.34. The van der Waals surface area contributed by atoms with Crippen LogP contribution in [0.4, 0.5) is 0 Å². The number of hydrogen-bond acceptors (Lipinski definition) is 7. The maximum atomic E-state index is 13.5. The van der Waals surface area contributed by atoms with Crippen molar-refractivity contribution in [2.45, 2.75) is 19.0 Å². The van der Waals surface area contributed by atoms with E-state index in [1.807, 2.05) is 7.05 Å². The van der Waals surface area contributed by atoms with Crippen LogP contribution in [0.15, 0.2) is 30.6 Å². The van der Waals surface area contributed by atoms with Gasteiger partial charge in [-0.25, -0.2) is 8.96 Å². The molecule has 1 saturated heterocycles. The van der Waals surface area contributed by atoms with Crippen molar-refractivity contribution >= 4 is 44.1 Å². The SMILES string of the molecule is C#Cc1ccc2cn(S(=O)(=O)N3CCN(C(=O)c4nc5c(s4)CN(C)CC5)C(C(=O)NC)C3)cc2c1. The van der Waals surface area contributed by atoms with Gasteiger partial charge in [0, 0.05) is 79.8 Å². The van der Waals surface area contributed by atoms with Gasteiger partial charge in [0.2, 0.25) is 5.91 Å². The van der Waals surface area contributed by atoms with E-state index in [0.29, 0.717) is 16.0 Å². The lowest BCUT2D eigenvalue weighted by Crippen LogP contribution is -2.61. The molecule has 36 heavy (non-hydrogen) atoms. The summed E-state index contributed by atoms with van der Waals surface area (Å²) in [7, 11) is -0.487. The summed E-state index contributed by atoms with van der Waals surface area (Å²) in [6.07, 6.45) is 9.27. The molecule has 1 fully saturated rings. The number of nitrogens with one attached hydrogen (secondary N) is 1. The topological polar surface area (TPSA) is 108 Å². The molecule has 4 heterocycles. The fraction of sp³-hybridized carbons (Fsp3) is 0.375. The van der Waals surface area contributed by atoms with Crippen LogP contribution < -0.4 is 5.32 Å². The predicted octanol–water partition coefficient (Wildman–Crippen LogP) is 0.733. The summed E-state index contributed by atoms with van der Waals surface area (Å²) in [4.78, 5) is 35.4. The second-order valence-corrected chi connectivity index (χ2v) is 11.9. The molecule has 12 heteroatoms. The quantitative estimate of drug-likeness (QED) is 0.503. The van der Waals surface area contributed by atoms with E-state index in [-0.39, 0.29) is 25.5 Å². The van der Waals surface area contributed by atoms with Crippen LogP contribution in [0.3, 0.4) is 0 Å². The predicted molar refractivity (Wildman–Crippen MR) is 137 cm³/mol. The van der Waals surface area contributed by atoms with Gasteiger partial charge >= 0.3 is 10.2 Å². The highest BCUT2D eigenvalue weighted by molar-refractivity contribution is 7.87. The van der Waals surface area contributed by atoms with Gasteiger partial charge in [-0.15, -0.1) is 17.8 Å². The van der Waals surface area contributed by atoms with Gasteiger partial charge in [-0.1, -0.05) is 12.0 Å². The Morgan fingerprint density at radius 2 is 1.97 bits per heavy atom. The van der Waals surface area contributed by atoms with Crippen molar-refractivity contribution in [3.8, 4) is 12.3 Å². The van der Waals surface area contributed by atoms with Gasteiger partial charge in [0.1, 0.15) is 6.04 Å². The normalized spacial score (nSPS) is 19.1. The molecule has 3 aromatic rings. The standard InChI is InChI=1S/C24H26N6O4S2/c1-4-16-5-6-17-12-29(13-18(17)11-16)36(33,34)28-9-10-30(20(14-28)22(31)25-2)24(32)23-26-19-7-8-27(3)15-21(19)35-23/h1,5-6,11-13,20H,7-10,14-15H2,2-3H3,(H,25,31). The molecular formula is C24H26N6O4S2. The fourth-order valence-electron chi connectivity index (χ4n) is 4.61. The van der Waals surface area contributed by atoms with Crippen LogP contribution in [0.25, 0.3) is 10.8 Å². The molecule has 2 aromatic heterocycles. The molecule has 1 atom stereocenters. The average Bonchev–Trinajstić information content (AvgIpc) is 3.51. The number of carbonyl (C=O) groups is 2. The number of carbonyl (C=O) groups excluding carboxylic acids is 2. The summed E-state index contributed by atoms with van der Waals surface area (Å²) in [6.45, 7) is 1.58. The van der Waals surface area contributed by atoms with E-state index < -0.39 is 22.2 Å². The zero-order chi connectivity index (χ0) is 25.6. The van der Waals surface area contributed by atoms with Crippen molar-refractivity contribution < 1.29 is 18.0 Å². The summed E-state index contributed by atoms with van der Waals surface area (Å²) in [5.41, 5.74) is 1.58. The average molecular weight is 527 g/mol. The first-order valence-corrected chi connectivity index (χ1v) is 13.7. The zero-order valence-electron chi connectivity index (χ0n) is 20.0. The largest absolute Gasteiger partial charge is 0.357 e. The maximum Gasteiger partial charge on any atom is 0.307 e. The van der Waals surface area contributed by atoms with Gasteiger partial charge in [-0.3, -0.25) is 9.59 Å². The minimum Gasteiger partial charge on any atom is -0.357 e. The van der Waals surface area contributed by atoms with Crippen molar-refractivity contribution in [3.05, 3.63) is 51.7 Å². The van der Waals surface area contributed by atoms with Crippen LogP contribution in [0.2, 0.25) is 0 Å². The lowest BCUT2D eigenvalue weighted by Gasteiger charge is -2.39. The van der Waals surface area contributed by atoms with Gasteiger partial charge in [-0.2, -0.15) is 12.7 Å². The molecule has 0 saturated carbocycles. The molecule has 188 valence electrons. The molecule has 2 aliphatic rings. The summed E-state index contributed by atoms with van der Waals surface area (Å²) in [5.74, 6) is 1.76. The van der Waals surface area contributed by atoms with Crippen LogP contribution in [-0.2, 0) is 28.0 Å². The maximum absolute atomic E-state index is 13.5. The highest BCUT2D eigenvalue weighted by Gasteiger charge is 2.41. The Hall–Kier alpha value is -3.24. The van der Waals surface area contributed by atoms with Crippen molar-refractivity contribution in [3.63, 3.8) is 0 Å². The van der Waals surface area contributed by atoms with E-state index in [1.54, 1.807) is 18.2 Å². The number of terminal acetylenes is 1. The summed E-state index contributed by atoms with van der Waals surface area (Å²) in [6, 6.07) is 4.29. The number of rotatable bonds is 4. The Bertz CT molecular complexity index is 1500. The highest BCUT2D eigenvalue weighted by Crippen LogP contribution is 2.27.